The maximum Gasteiger partial charge on any atom is 0.191 e. The number of halogens is 2. The van der Waals surface area contributed by atoms with Gasteiger partial charge in [-0.15, -0.1) is 24.0 Å². The maximum atomic E-state index is 13.7. The van der Waals surface area contributed by atoms with Gasteiger partial charge in [0.2, 0.25) is 0 Å². The molecule has 1 aromatic carbocycles. The van der Waals surface area contributed by atoms with E-state index in [1.54, 1.807) is 12.1 Å². The van der Waals surface area contributed by atoms with Crippen LogP contribution in [0.1, 0.15) is 43.7 Å². The molecule has 0 spiro atoms. The van der Waals surface area contributed by atoms with E-state index in [2.05, 4.69) is 46.5 Å². The molecule has 1 saturated heterocycles. The maximum absolute atomic E-state index is 13.7. The molecule has 31 heavy (non-hydrogen) atoms. The molecule has 168 valence electrons. The van der Waals surface area contributed by atoms with Crippen LogP contribution in [0, 0.1) is 12.7 Å². The first-order valence-electron chi connectivity index (χ1n) is 11.1. The zero-order valence-corrected chi connectivity index (χ0v) is 20.7. The van der Waals surface area contributed by atoms with Crippen molar-refractivity contribution in [2.24, 2.45) is 4.99 Å². The molecule has 0 atom stereocenters. The minimum absolute atomic E-state index is 0. The zero-order chi connectivity index (χ0) is 21.0. The Morgan fingerprint density at radius 3 is 2.61 bits per heavy atom. The van der Waals surface area contributed by atoms with E-state index >= 15 is 0 Å². The summed E-state index contributed by atoms with van der Waals surface area (Å²) in [5.74, 6) is 1.76. The summed E-state index contributed by atoms with van der Waals surface area (Å²) in [6.07, 6.45) is 6.18. The quantitative estimate of drug-likeness (QED) is 0.326. The summed E-state index contributed by atoms with van der Waals surface area (Å²) in [4.78, 5) is 11.8. The summed E-state index contributed by atoms with van der Waals surface area (Å²) < 4.78 is 13.7. The van der Waals surface area contributed by atoms with Gasteiger partial charge in [0.05, 0.1) is 6.54 Å². The smallest absolute Gasteiger partial charge is 0.191 e. The van der Waals surface area contributed by atoms with Crippen LogP contribution in [0.3, 0.4) is 0 Å². The Hall–Kier alpha value is -1.90. The van der Waals surface area contributed by atoms with Crippen molar-refractivity contribution in [1.82, 2.24) is 15.6 Å². The number of rotatable bonds is 6. The van der Waals surface area contributed by atoms with Crippen molar-refractivity contribution in [3.63, 3.8) is 0 Å². The average molecular weight is 537 g/mol. The van der Waals surface area contributed by atoms with Gasteiger partial charge in [-0.3, -0.25) is 4.99 Å². The first-order chi connectivity index (χ1) is 14.6. The van der Waals surface area contributed by atoms with Crippen molar-refractivity contribution in [3.05, 3.63) is 59.5 Å². The summed E-state index contributed by atoms with van der Waals surface area (Å²) in [6.45, 7) is 7.64. The molecule has 2 N–H and O–H groups in total. The van der Waals surface area contributed by atoms with Gasteiger partial charge in [-0.05, 0) is 68.9 Å². The average Bonchev–Trinajstić information content (AvgIpc) is 3.55. The van der Waals surface area contributed by atoms with Crippen LogP contribution < -0.4 is 15.5 Å². The predicted molar refractivity (Wildman–Crippen MR) is 136 cm³/mol. The lowest BCUT2D eigenvalue weighted by Gasteiger charge is -2.34. The fourth-order valence-corrected chi connectivity index (χ4v) is 4.15. The molecule has 0 radical (unpaired) electrons. The van der Waals surface area contributed by atoms with Crippen molar-refractivity contribution in [1.29, 1.82) is 0 Å². The molecule has 0 amide bonds. The van der Waals surface area contributed by atoms with Crippen molar-refractivity contribution in [3.8, 4) is 0 Å². The van der Waals surface area contributed by atoms with Crippen LogP contribution in [-0.4, -0.2) is 43.2 Å². The van der Waals surface area contributed by atoms with E-state index in [9.17, 15) is 4.39 Å². The molecular weight excluding hydrogens is 504 g/mol. The van der Waals surface area contributed by atoms with Gasteiger partial charge in [0.15, 0.2) is 5.96 Å². The van der Waals surface area contributed by atoms with E-state index in [4.69, 9.17) is 4.99 Å². The standard InChI is InChI=1S/C24H32FN5.HI/c1-3-26-23(28-17-24(11-12-24)19-5-4-6-20(25)15-19)29-21-9-13-30(14-10-21)22-8-7-18(2)16-27-22;/h4-8,15-16,21H,3,9-14,17H2,1-2H3,(H2,26,28,29);1H. The molecule has 1 aliphatic carbocycles. The first kappa shape index (κ1) is 23.8. The number of anilines is 1. The second-order valence-corrected chi connectivity index (χ2v) is 8.59. The number of aliphatic imine (C=N–C) groups is 1. The Kier molecular flexibility index (Phi) is 8.13. The van der Waals surface area contributed by atoms with E-state index in [0.717, 1.165) is 62.7 Å². The van der Waals surface area contributed by atoms with Gasteiger partial charge in [0.1, 0.15) is 11.6 Å². The third kappa shape index (κ3) is 6.08. The molecule has 2 fully saturated rings. The van der Waals surface area contributed by atoms with Crippen molar-refractivity contribution in [2.75, 3.05) is 31.1 Å². The summed E-state index contributed by atoms with van der Waals surface area (Å²) >= 11 is 0. The Balaban J connectivity index is 0.00000272. The van der Waals surface area contributed by atoms with E-state index in [-0.39, 0.29) is 35.2 Å². The monoisotopic (exact) mass is 537 g/mol. The molecule has 0 unspecified atom stereocenters. The van der Waals surface area contributed by atoms with Gasteiger partial charge in [0.25, 0.3) is 0 Å². The van der Waals surface area contributed by atoms with Crippen LogP contribution in [0.4, 0.5) is 10.2 Å². The lowest BCUT2D eigenvalue weighted by Crippen LogP contribution is -2.49. The van der Waals surface area contributed by atoms with Crippen molar-refractivity contribution in [2.45, 2.75) is 51.0 Å². The van der Waals surface area contributed by atoms with E-state index in [0.29, 0.717) is 12.6 Å². The number of nitrogens with one attached hydrogen (secondary N) is 2. The SMILES string of the molecule is CCNC(=NCC1(c2cccc(F)c2)CC1)NC1CCN(c2ccc(C)cn2)CC1.I. The largest absolute Gasteiger partial charge is 0.357 e. The Morgan fingerprint density at radius 2 is 2.00 bits per heavy atom. The molecule has 4 rings (SSSR count). The number of piperidine rings is 1. The highest BCUT2D eigenvalue weighted by Crippen LogP contribution is 2.48. The third-order valence-corrected chi connectivity index (χ3v) is 6.23. The molecular formula is C24H33FIN5. The van der Waals surface area contributed by atoms with Crippen molar-refractivity contribution < 1.29 is 4.39 Å². The summed E-state index contributed by atoms with van der Waals surface area (Å²) in [5, 5.41) is 7.00. The molecule has 5 nitrogen and oxygen atoms in total. The molecule has 2 aliphatic rings. The summed E-state index contributed by atoms with van der Waals surface area (Å²) in [6, 6.07) is 11.6. The van der Waals surface area contributed by atoms with Gasteiger partial charge >= 0.3 is 0 Å². The van der Waals surface area contributed by atoms with Crippen LogP contribution in [-0.2, 0) is 5.41 Å². The molecule has 7 heteroatoms. The molecule has 1 aliphatic heterocycles. The van der Waals surface area contributed by atoms with Crippen LogP contribution in [0.25, 0.3) is 0 Å². The number of hydrogen-bond donors (Lipinski definition) is 2. The first-order valence-corrected chi connectivity index (χ1v) is 11.1. The van der Waals surface area contributed by atoms with Crippen LogP contribution in [0.5, 0.6) is 0 Å². The normalized spacial score (nSPS) is 18.3. The Labute approximate surface area is 202 Å². The molecule has 2 heterocycles. The predicted octanol–water partition coefficient (Wildman–Crippen LogP) is 4.40. The summed E-state index contributed by atoms with van der Waals surface area (Å²) in [5.41, 5.74) is 2.26. The van der Waals surface area contributed by atoms with Crippen molar-refractivity contribution >= 4 is 35.8 Å². The lowest BCUT2D eigenvalue weighted by atomic mass is 9.96. The van der Waals surface area contributed by atoms with Gasteiger partial charge in [-0.1, -0.05) is 18.2 Å². The fourth-order valence-electron chi connectivity index (χ4n) is 4.15. The number of aryl methyl sites for hydroxylation is 1. The van der Waals surface area contributed by atoms with E-state index in [1.807, 2.05) is 12.3 Å². The van der Waals surface area contributed by atoms with Crippen LogP contribution in [0.15, 0.2) is 47.6 Å². The number of aromatic nitrogens is 1. The fraction of sp³-hybridized carbons (Fsp3) is 0.500. The second-order valence-electron chi connectivity index (χ2n) is 8.59. The molecule has 1 saturated carbocycles. The Bertz CT molecular complexity index is 874. The van der Waals surface area contributed by atoms with Gasteiger partial charge < -0.3 is 15.5 Å². The third-order valence-electron chi connectivity index (χ3n) is 6.23. The minimum Gasteiger partial charge on any atom is -0.357 e. The van der Waals surface area contributed by atoms with Gasteiger partial charge in [-0.25, -0.2) is 9.37 Å². The number of nitrogens with zero attached hydrogens (tertiary/aromatic N) is 3. The minimum atomic E-state index is -0.164. The van der Waals surface area contributed by atoms with Crippen LogP contribution in [0.2, 0.25) is 0 Å². The summed E-state index contributed by atoms with van der Waals surface area (Å²) in [7, 11) is 0. The second kappa shape index (κ2) is 10.6. The lowest BCUT2D eigenvalue weighted by molar-refractivity contribution is 0.459. The number of guanidine groups is 1. The highest BCUT2D eigenvalue weighted by atomic mass is 127. The number of pyridine rings is 1. The number of hydrogen-bond acceptors (Lipinski definition) is 3. The van der Waals surface area contributed by atoms with Gasteiger partial charge in [-0.2, -0.15) is 0 Å². The van der Waals surface area contributed by atoms with E-state index < -0.39 is 0 Å². The Morgan fingerprint density at radius 1 is 1.23 bits per heavy atom. The van der Waals surface area contributed by atoms with Gasteiger partial charge in [0, 0.05) is 37.3 Å². The molecule has 0 bridgehead atoms. The molecule has 1 aromatic heterocycles. The highest BCUT2D eigenvalue weighted by Gasteiger charge is 2.44. The van der Waals surface area contributed by atoms with E-state index in [1.165, 1.54) is 11.6 Å². The van der Waals surface area contributed by atoms with Crippen LogP contribution >= 0.6 is 24.0 Å². The number of benzene rings is 1. The molecule has 2 aromatic rings. The zero-order valence-electron chi connectivity index (χ0n) is 18.4. The highest BCUT2D eigenvalue weighted by molar-refractivity contribution is 14.0. The topological polar surface area (TPSA) is 52.6 Å².